The number of carbonyl (C=O) groups excluding carboxylic acids is 1. The van der Waals surface area contributed by atoms with Gasteiger partial charge in [-0.25, -0.2) is 0 Å². The molecule has 1 aliphatic heterocycles. The van der Waals surface area contributed by atoms with Gasteiger partial charge in [-0.15, -0.1) is 0 Å². The Balaban J connectivity index is 2.27. The highest BCUT2D eigenvalue weighted by molar-refractivity contribution is 5.93. The van der Waals surface area contributed by atoms with E-state index in [4.69, 9.17) is 4.74 Å². The van der Waals surface area contributed by atoms with E-state index in [0.717, 1.165) is 35.2 Å². The smallest absolute Gasteiger partial charge is 0.226 e. The van der Waals surface area contributed by atoms with E-state index in [1.807, 2.05) is 25.4 Å². The van der Waals surface area contributed by atoms with Crippen LogP contribution < -0.4 is 4.74 Å². The number of nitrogens with zero attached hydrogens (tertiary/aromatic N) is 1. The molecule has 0 radical (unpaired) electrons. The molecule has 0 aliphatic carbocycles. The van der Waals surface area contributed by atoms with Crippen LogP contribution in [0.25, 0.3) is 10.9 Å². The normalized spacial score (nSPS) is 15.7. The largest absolute Gasteiger partial charge is 0.496 e. The molecule has 1 aliphatic rings. The molecular weight excluding hydrogens is 228 g/mol. The molecule has 0 unspecified atom stereocenters. The molecule has 1 amide bonds. The molecule has 4 heteroatoms. The van der Waals surface area contributed by atoms with Crippen molar-refractivity contribution < 1.29 is 9.53 Å². The van der Waals surface area contributed by atoms with Crippen LogP contribution in [0.4, 0.5) is 0 Å². The Labute approximate surface area is 106 Å². The number of amides is 1. The van der Waals surface area contributed by atoms with E-state index in [1.165, 1.54) is 5.56 Å². The van der Waals surface area contributed by atoms with E-state index >= 15 is 0 Å². The average molecular weight is 244 g/mol. The van der Waals surface area contributed by atoms with Crippen molar-refractivity contribution in [3.05, 3.63) is 29.5 Å². The van der Waals surface area contributed by atoms with Crippen LogP contribution >= 0.6 is 0 Å². The van der Waals surface area contributed by atoms with Crippen molar-refractivity contribution in [2.45, 2.75) is 12.8 Å². The maximum Gasteiger partial charge on any atom is 0.226 e. The second kappa shape index (κ2) is 4.05. The van der Waals surface area contributed by atoms with Gasteiger partial charge in [0.05, 0.1) is 13.5 Å². The number of aromatic amines is 1. The highest BCUT2D eigenvalue weighted by atomic mass is 16.5. The Bertz CT molecular complexity index is 616. The van der Waals surface area contributed by atoms with Crippen LogP contribution in [0.2, 0.25) is 0 Å². The second-order valence-corrected chi connectivity index (χ2v) is 4.72. The number of benzene rings is 1. The Kier molecular flexibility index (Phi) is 2.51. The number of likely N-dealkylation sites (N-methyl/N-ethyl adjacent to an activating group) is 1. The summed E-state index contributed by atoms with van der Waals surface area (Å²) in [4.78, 5) is 17.1. The molecule has 2 heterocycles. The standard InChI is InChI=1S/C14H16N2O2/c1-16-6-5-9-8-15-11-3-4-12(18-2)10(14(9)11)7-13(16)17/h3-4,8,15H,5-7H2,1-2H3. The number of ether oxygens (including phenoxy) is 1. The first-order chi connectivity index (χ1) is 8.70. The highest BCUT2D eigenvalue weighted by Crippen LogP contribution is 2.32. The third-order valence-corrected chi connectivity index (χ3v) is 3.68. The molecule has 0 bridgehead atoms. The van der Waals surface area contributed by atoms with Crippen molar-refractivity contribution in [2.75, 3.05) is 20.7 Å². The van der Waals surface area contributed by atoms with E-state index in [1.54, 1.807) is 12.0 Å². The number of hydrogen-bond donors (Lipinski definition) is 1. The number of aromatic nitrogens is 1. The summed E-state index contributed by atoms with van der Waals surface area (Å²) in [5, 5.41) is 1.16. The molecule has 94 valence electrons. The van der Waals surface area contributed by atoms with Crippen LogP contribution in [0.3, 0.4) is 0 Å². The quantitative estimate of drug-likeness (QED) is 0.830. The second-order valence-electron chi connectivity index (χ2n) is 4.72. The lowest BCUT2D eigenvalue weighted by atomic mass is 9.98. The van der Waals surface area contributed by atoms with Crippen molar-refractivity contribution in [3.63, 3.8) is 0 Å². The third-order valence-electron chi connectivity index (χ3n) is 3.68. The summed E-state index contributed by atoms with van der Waals surface area (Å²) >= 11 is 0. The van der Waals surface area contributed by atoms with E-state index in [-0.39, 0.29) is 5.91 Å². The Hall–Kier alpha value is -1.97. The molecule has 1 aromatic carbocycles. The van der Waals surface area contributed by atoms with Crippen molar-refractivity contribution >= 4 is 16.8 Å². The molecule has 1 aromatic heterocycles. The fourth-order valence-electron chi connectivity index (χ4n) is 2.62. The van der Waals surface area contributed by atoms with Gasteiger partial charge >= 0.3 is 0 Å². The summed E-state index contributed by atoms with van der Waals surface area (Å²) in [6.45, 7) is 0.766. The molecule has 0 fully saturated rings. The molecule has 1 N–H and O–H groups in total. The first-order valence-corrected chi connectivity index (χ1v) is 6.10. The fourth-order valence-corrected chi connectivity index (χ4v) is 2.62. The van der Waals surface area contributed by atoms with Gasteiger partial charge in [0.1, 0.15) is 5.75 Å². The summed E-state index contributed by atoms with van der Waals surface area (Å²) in [5.41, 5.74) is 3.35. The first kappa shape index (κ1) is 11.1. The maximum absolute atomic E-state index is 12.1. The Morgan fingerprint density at radius 2 is 2.22 bits per heavy atom. The lowest BCUT2D eigenvalue weighted by molar-refractivity contribution is -0.129. The minimum Gasteiger partial charge on any atom is -0.496 e. The van der Waals surface area contributed by atoms with Crippen LogP contribution in [0.1, 0.15) is 11.1 Å². The van der Waals surface area contributed by atoms with Gasteiger partial charge < -0.3 is 14.6 Å². The summed E-state index contributed by atoms with van der Waals surface area (Å²) in [6.07, 6.45) is 3.32. The number of methoxy groups -OCH3 is 1. The molecule has 18 heavy (non-hydrogen) atoms. The Morgan fingerprint density at radius 3 is 3.00 bits per heavy atom. The molecule has 3 rings (SSSR count). The van der Waals surface area contributed by atoms with Gasteiger partial charge in [-0.2, -0.15) is 0 Å². The van der Waals surface area contributed by atoms with Crippen LogP contribution in [0.5, 0.6) is 5.75 Å². The molecule has 4 nitrogen and oxygen atoms in total. The molecular formula is C14H16N2O2. The van der Waals surface area contributed by atoms with Crippen molar-refractivity contribution in [2.24, 2.45) is 0 Å². The number of rotatable bonds is 1. The van der Waals surface area contributed by atoms with Gasteiger partial charge in [-0.3, -0.25) is 4.79 Å². The zero-order chi connectivity index (χ0) is 12.7. The van der Waals surface area contributed by atoms with E-state index in [9.17, 15) is 4.79 Å². The van der Waals surface area contributed by atoms with Crippen molar-refractivity contribution in [1.29, 1.82) is 0 Å². The third kappa shape index (κ3) is 1.56. The number of carbonyl (C=O) groups is 1. The first-order valence-electron chi connectivity index (χ1n) is 6.10. The molecule has 2 aromatic rings. The predicted octanol–water partition coefficient (Wildman–Crippen LogP) is 1.73. The monoisotopic (exact) mass is 244 g/mol. The van der Waals surface area contributed by atoms with Crippen molar-refractivity contribution in [1.82, 2.24) is 9.88 Å². The van der Waals surface area contributed by atoms with Crippen molar-refractivity contribution in [3.8, 4) is 5.75 Å². The molecule has 0 saturated heterocycles. The number of hydrogen-bond acceptors (Lipinski definition) is 2. The minimum atomic E-state index is 0.146. The fraction of sp³-hybridized carbons (Fsp3) is 0.357. The number of nitrogens with one attached hydrogen (secondary N) is 1. The molecule has 0 saturated carbocycles. The summed E-state index contributed by atoms with van der Waals surface area (Å²) in [5.74, 6) is 0.944. The summed E-state index contributed by atoms with van der Waals surface area (Å²) in [6, 6.07) is 3.93. The SMILES string of the molecule is COc1ccc2[nH]cc3c2c1CC(=O)N(C)CC3. The maximum atomic E-state index is 12.1. The Morgan fingerprint density at radius 1 is 1.39 bits per heavy atom. The zero-order valence-corrected chi connectivity index (χ0v) is 10.6. The van der Waals surface area contributed by atoms with Gasteiger partial charge in [0, 0.05) is 36.3 Å². The zero-order valence-electron chi connectivity index (χ0n) is 10.6. The topological polar surface area (TPSA) is 45.3 Å². The van der Waals surface area contributed by atoms with Crippen LogP contribution in [0.15, 0.2) is 18.3 Å². The van der Waals surface area contributed by atoms with Crippen LogP contribution in [0, 0.1) is 0 Å². The molecule has 0 spiro atoms. The highest BCUT2D eigenvalue weighted by Gasteiger charge is 2.21. The van der Waals surface area contributed by atoms with Gasteiger partial charge in [-0.05, 0) is 24.1 Å². The summed E-state index contributed by atoms with van der Waals surface area (Å²) < 4.78 is 5.40. The van der Waals surface area contributed by atoms with Gasteiger partial charge in [0.15, 0.2) is 0 Å². The lowest BCUT2D eigenvalue weighted by Gasteiger charge is -2.21. The minimum absolute atomic E-state index is 0.146. The van der Waals surface area contributed by atoms with Gasteiger partial charge in [-0.1, -0.05) is 0 Å². The van der Waals surface area contributed by atoms with E-state index in [0.29, 0.717) is 6.42 Å². The van der Waals surface area contributed by atoms with Gasteiger partial charge in [0.25, 0.3) is 0 Å². The van der Waals surface area contributed by atoms with Gasteiger partial charge in [0.2, 0.25) is 5.91 Å². The van der Waals surface area contributed by atoms with Crippen LogP contribution in [-0.2, 0) is 17.6 Å². The van der Waals surface area contributed by atoms with Crippen LogP contribution in [-0.4, -0.2) is 36.5 Å². The molecule has 0 atom stereocenters. The number of H-pyrrole nitrogens is 1. The average Bonchev–Trinajstić information content (AvgIpc) is 2.78. The van der Waals surface area contributed by atoms with E-state index in [2.05, 4.69) is 4.98 Å². The lowest BCUT2D eigenvalue weighted by Crippen LogP contribution is -2.31. The van der Waals surface area contributed by atoms with E-state index < -0.39 is 0 Å². The predicted molar refractivity (Wildman–Crippen MR) is 69.9 cm³/mol. The summed E-state index contributed by atoms with van der Waals surface area (Å²) in [7, 11) is 3.50.